The lowest BCUT2D eigenvalue weighted by atomic mass is 10.1. The number of nitrogens with one attached hydrogen (secondary N) is 1. The zero-order chi connectivity index (χ0) is 14.7. The molecule has 4 nitrogen and oxygen atoms in total. The molecule has 0 saturated heterocycles. The second-order valence-corrected chi connectivity index (χ2v) is 5.23. The van der Waals surface area contributed by atoms with Gasteiger partial charge in [0, 0.05) is 23.5 Å². The molecule has 0 radical (unpaired) electrons. The van der Waals surface area contributed by atoms with Gasteiger partial charge in [-0.1, -0.05) is 23.7 Å². The standard InChI is InChI=1S/C16H15ClN4/c1-12(13-3-2-4-14(17)9-13)20-15-5-6-16(19-10-15)21-8-7-18-11-21/h2-12,20H,1H3. The van der Waals surface area contributed by atoms with E-state index in [2.05, 4.69) is 28.3 Å². The normalized spacial score (nSPS) is 12.1. The molecule has 0 aliphatic heterocycles. The first kappa shape index (κ1) is 13.6. The third-order valence-corrected chi connectivity index (χ3v) is 3.48. The minimum Gasteiger partial charge on any atom is -0.377 e. The van der Waals surface area contributed by atoms with Crippen LogP contribution in [-0.4, -0.2) is 14.5 Å². The van der Waals surface area contributed by atoms with E-state index in [0.29, 0.717) is 0 Å². The van der Waals surface area contributed by atoms with Gasteiger partial charge in [0.2, 0.25) is 0 Å². The Morgan fingerprint density at radius 1 is 1.24 bits per heavy atom. The third kappa shape index (κ3) is 3.23. The molecule has 0 fully saturated rings. The minimum atomic E-state index is 0.157. The SMILES string of the molecule is CC(Nc1ccc(-n2ccnc2)nc1)c1cccc(Cl)c1. The van der Waals surface area contributed by atoms with Crippen molar-refractivity contribution in [2.75, 3.05) is 5.32 Å². The highest BCUT2D eigenvalue weighted by Crippen LogP contribution is 2.21. The van der Waals surface area contributed by atoms with Crippen molar-refractivity contribution < 1.29 is 0 Å². The molecule has 1 atom stereocenters. The van der Waals surface area contributed by atoms with Crippen LogP contribution in [0.5, 0.6) is 0 Å². The Morgan fingerprint density at radius 3 is 2.81 bits per heavy atom. The maximum absolute atomic E-state index is 6.02. The van der Waals surface area contributed by atoms with Gasteiger partial charge in [0.25, 0.3) is 0 Å². The molecule has 1 N–H and O–H groups in total. The first-order valence-corrected chi connectivity index (χ1v) is 7.06. The summed E-state index contributed by atoms with van der Waals surface area (Å²) in [5, 5.41) is 4.16. The van der Waals surface area contributed by atoms with Gasteiger partial charge in [-0.25, -0.2) is 9.97 Å². The average molecular weight is 299 g/mol. The molecule has 106 valence electrons. The van der Waals surface area contributed by atoms with E-state index in [0.717, 1.165) is 22.1 Å². The van der Waals surface area contributed by atoms with Crippen molar-refractivity contribution in [3.8, 4) is 5.82 Å². The van der Waals surface area contributed by atoms with E-state index in [1.807, 2.05) is 47.3 Å². The molecule has 2 aromatic heterocycles. The first-order chi connectivity index (χ1) is 10.2. The summed E-state index contributed by atoms with van der Waals surface area (Å²) >= 11 is 6.02. The minimum absolute atomic E-state index is 0.157. The van der Waals surface area contributed by atoms with Gasteiger partial charge >= 0.3 is 0 Å². The monoisotopic (exact) mass is 298 g/mol. The van der Waals surface area contributed by atoms with E-state index in [-0.39, 0.29) is 6.04 Å². The van der Waals surface area contributed by atoms with Gasteiger partial charge < -0.3 is 5.32 Å². The topological polar surface area (TPSA) is 42.7 Å². The molecule has 0 amide bonds. The van der Waals surface area contributed by atoms with Gasteiger partial charge in [0.05, 0.1) is 11.9 Å². The summed E-state index contributed by atoms with van der Waals surface area (Å²) in [6.45, 7) is 2.09. The maximum Gasteiger partial charge on any atom is 0.137 e. The van der Waals surface area contributed by atoms with Gasteiger partial charge in [0.15, 0.2) is 0 Å². The molecule has 3 rings (SSSR count). The summed E-state index contributed by atoms with van der Waals surface area (Å²) in [5.74, 6) is 0.841. The van der Waals surface area contributed by atoms with E-state index >= 15 is 0 Å². The number of pyridine rings is 1. The van der Waals surface area contributed by atoms with Crippen molar-refractivity contribution in [2.24, 2.45) is 0 Å². The van der Waals surface area contributed by atoms with E-state index in [1.54, 1.807) is 12.5 Å². The fraction of sp³-hybridized carbons (Fsp3) is 0.125. The summed E-state index contributed by atoms with van der Waals surface area (Å²) in [7, 11) is 0. The van der Waals surface area contributed by atoms with E-state index in [9.17, 15) is 0 Å². The molecule has 0 spiro atoms. The van der Waals surface area contributed by atoms with Gasteiger partial charge in [-0.05, 0) is 36.8 Å². The molecule has 5 heteroatoms. The lowest BCUT2D eigenvalue weighted by molar-refractivity contribution is 0.881. The third-order valence-electron chi connectivity index (χ3n) is 3.25. The molecular weight excluding hydrogens is 284 g/mol. The molecule has 2 heterocycles. The number of aromatic nitrogens is 3. The largest absolute Gasteiger partial charge is 0.377 e. The van der Waals surface area contributed by atoms with Crippen LogP contribution in [0.25, 0.3) is 5.82 Å². The predicted octanol–water partition coefficient (Wildman–Crippen LogP) is 4.09. The summed E-state index contributed by atoms with van der Waals surface area (Å²) in [6.07, 6.45) is 7.14. The summed E-state index contributed by atoms with van der Waals surface area (Å²) in [4.78, 5) is 8.43. The lowest BCUT2D eigenvalue weighted by Gasteiger charge is -2.16. The van der Waals surface area contributed by atoms with E-state index in [1.165, 1.54) is 0 Å². The van der Waals surface area contributed by atoms with Crippen molar-refractivity contribution in [3.63, 3.8) is 0 Å². The Morgan fingerprint density at radius 2 is 2.14 bits per heavy atom. The zero-order valence-corrected chi connectivity index (χ0v) is 12.3. The predicted molar refractivity (Wildman–Crippen MR) is 84.8 cm³/mol. The number of benzene rings is 1. The Bertz CT molecular complexity index is 707. The van der Waals surface area contributed by atoms with Gasteiger partial charge in [0.1, 0.15) is 12.1 Å². The second kappa shape index (κ2) is 5.97. The van der Waals surface area contributed by atoms with Crippen molar-refractivity contribution in [3.05, 3.63) is 71.9 Å². The Balaban J connectivity index is 1.73. The van der Waals surface area contributed by atoms with Crippen molar-refractivity contribution in [2.45, 2.75) is 13.0 Å². The highest BCUT2D eigenvalue weighted by atomic mass is 35.5. The Kier molecular flexibility index (Phi) is 3.88. The van der Waals surface area contributed by atoms with Crippen LogP contribution in [0.15, 0.2) is 61.3 Å². The maximum atomic E-state index is 6.02. The Labute approximate surface area is 128 Å². The number of imidazole rings is 1. The van der Waals surface area contributed by atoms with Crippen LogP contribution < -0.4 is 5.32 Å². The van der Waals surface area contributed by atoms with Crippen LogP contribution in [-0.2, 0) is 0 Å². The van der Waals surface area contributed by atoms with Crippen LogP contribution in [0.3, 0.4) is 0 Å². The van der Waals surface area contributed by atoms with Crippen molar-refractivity contribution in [1.82, 2.24) is 14.5 Å². The van der Waals surface area contributed by atoms with Crippen molar-refractivity contribution >= 4 is 17.3 Å². The number of rotatable bonds is 4. The van der Waals surface area contributed by atoms with E-state index < -0.39 is 0 Å². The fourth-order valence-corrected chi connectivity index (χ4v) is 2.33. The fourth-order valence-electron chi connectivity index (χ4n) is 2.13. The van der Waals surface area contributed by atoms with Gasteiger partial charge in [-0.3, -0.25) is 4.57 Å². The van der Waals surface area contributed by atoms with Gasteiger partial charge in [-0.15, -0.1) is 0 Å². The van der Waals surface area contributed by atoms with Crippen molar-refractivity contribution in [1.29, 1.82) is 0 Å². The highest BCUT2D eigenvalue weighted by Gasteiger charge is 2.06. The Hall–Kier alpha value is -2.33. The molecule has 0 bridgehead atoms. The van der Waals surface area contributed by atoms with Crippen LogP contribution >= 0.6 is 11.6 Å². The molecule has 0 saturated carbocycles. The van der Waals surface area contributed by atoms with Crippen LogP contribution in [0.4, 0.5) is 5.69 Å². The number of hydrogen-bond donors (Lipinski definition) is 1. The lowest BCUT2D eigenvalue weighted by Crippen LogP contribution is -2.07. The number of anilines is 1. The quantitative estimate of drug-likeness (QED) is 0.789. The molecule has 21 heavy (non-hydrogen) atoms. The molecule has 1 aromatic carbocycles. The highest BCUT2D eigenvalue weighted by molar-refractivity contribution is 6.30. The number of halogens is 1. The summed E-state index contributed by atoms with van der Waals surface area (Å²) in [6, 6.07) is 12.0. The van der Waals surface area contributed by atoms with Crippen LogP contribution in [0, 0.1) is 0 Å². The summed E-state index contributed by atoms with van der Waals surface area (Å²) < 4.78 is 1.87. The molecule has 0 aliphatic rings. The zero-order valence-electron chi connectivity index (χ0n) is 11.6. The molecular formula is C16H15ClN4. The number of hydrogen-bond acceptors (Lipinski definition) is 3. The molecule has 0 aliphatic carbocycles. The average Bonchev–Trinajstić information content (AvgIpc) is 3.02. The summed E-state index contributed by atoms with van der Waals surface area (Å²) in [5.41, 5.74) is 2.10. The van der Waals surface area contributed by atoms with E-state index in [4.69, 9.17) is 11.6 Å². The second-order valence-electron chi connectivity index (χ2n) is 4.80. The molecule has 3 aromatic rings. The number of nitrogens with zero attached hydrogens (tertiary/aromatic N) is 3. The van der Waals surface area contributed by atoms with Gasteiger partial charge in [-0.2, -0.15) is 0 Å². The molecule has 1 unspecified atom stereocenters. The smallest absolute Gasteiger partial charge is 0.137 e. The van der Waals surface area contributed by atoms with Crippen LogP contribution in [0.2, 0.25) is 5.02 Å². The van der Waals surface area contributed by atoms with Crippen LogP contribution in [0.1, 0.15) is 18.5 Å². The first-order valence-electron chi connectivity index (χ1n) is 6.69.